The molecule has 0 radical (unpaired) electrons. The van der Waals surface area contributed by atoms with Gasteiger partial charge in [0.15, 0.2) is 0 Å². The molecular formula is C14H35N3. The molecule has 0 fully saturated rings. The van der Waals surface area contributed by atoms with Crippen LogP contribution in [0.3, 0.4) is 0 Å². The van der Waals surface area contributed by atoms with Gasteiger partial charge in [-0.05, 0) is 34.4 Å². The highest BCUT2D eigenvalue weighted by atomic mass is 15.1. The average Bonchev–Trinajstić information content (AvgIpc) is 2.30. The van der Waals surface area contributed by atoms with Crippen molar-refractivity contribution < 1.29 is 0 Å². The first kappa shape index (κ1) is 19.2. The number of hydrogen-bond acceptors (Lipinski definition) is 3. The van der Waals surface area contributed by atoms with E-state index in [9.17, 15) is 0 Å². The van der Waals surface area contributed by atoms with Crippen LogP contribution in [0.2, 0.25) is 0 Å². The Kier molecular flexibility index (Phi) is 14.0. The molecule has 17 heavy (non-hydrogen) atoms. The van der Waals surface area contributed by atoms with Crippen LogP contribution in [0.15, 0.2) is 0 Å². The molecule has 0 aromatic rings. The van der Waals surface area contributed by atoms with Gasteiger partial charge in [0, 0.05) is 5.54 Å². The fraction of sp³-hybridized carbons (Fsp3) is 1.00. The molecule has 0 spiro atoms. The first-order valence-corrected chi connectivity index (χ1v) is 7.01. The molecule has 3 heteroatoms. The highest BCUT2D eigenvalue weighted by Crippen LogP contribution is 2.19. The van der Waals surface area contributed by atoms with Gasteiger partial charge in [0.1, 0.15) is 0 Å². The van der Waals surface area contributed by atoms with E-state index in [1.807, 2.05) is 0 Å². The van der Waals surface area contributed by atoms with Gasteiger partial charge in [-0.25, -0.2) is 0 Å². The van der Waals surface area contributed by atoms with Gasteiger partial charge in [0.05, 0.1) is 0 Å². The minimum atomic E-state index is 0.378. The van der Waals surface area contributed by atoms with E-state index in [0.717, 1.165) is 0 Å². The molecule has 0 aliphatic carbocycles. The van der Waals surface area contributed by atoms with Gasteiger partial charge in [0.2, 0.25) is 0 Å². The van der Waals surface area contributed by atoms with E-state index < -0.39 is 0 Å². The zero-order valence-electron chi connectivity index (χ0n) is 12.8. The molecule has 0 unspecified atom stereocenters. The largest absolute Gasteiger partial charge is 0.304 e. The molecule has 3 nitrogen and oxygen atoms in total. The highest BCUT2D eigenvalue weighted by Gasteiger charge is 2.18. The Balaban J connectivity index is 0. The van der Waals surface area contributed by atoms with Gasteiger partial charge in [-0.3, -0.25) is 11.7 Å². The monoisotopic (exact) mass is 245 g/mol. The topological polar surface area (TPSA) is 55.3 Å². The predicted octanol–water partition coefficient (Wildman–Crippen LogP) is 3.29. The van der Waals surface area contributed by atoms with Crippen LogP contribution in [-0.4, -0.2) is 24.5 Å². The van der Waals surface area contributed by atoms with E-state index in [1.54, 1.807) is 0 Å². The first-order valence-electron chi connectivity index (χ1n) is 7.01. The van der Waals surface area contributed by atoms with Crippen molar-refractivity contribution >= 4 is 0 Å². The van der Waals surface area contributed by atoms with E-state index in [-0.39, 0.29) is 0 Å². The van der Waals surface area contributed by atoms with Gasteiger partial charge < -0.3 is 4.90 Å². The maximum atomic E-state index is 4.00. The number of unbranched alkanes of at least 4 members (excludes halogenated alkanes) is 6. The summed E-state index contributed by atoms with van der Waals surface area (Å²) in [6, 6.07) is 0. The van der Waals surface area contributed by atoms with Crippen LogP contribution >= 0.6 is 0 Å². The van der Waals surface area contributed by atoms with E-state index in [2.05, 4.69) is 51.5 Å². The van der Waals surface area contributed by atoms with Gasteiger partial charge >= 0.3 is 0 Å². The van der Waals surface area contributed by atoms with Crippen LogP contribution in [0.1, 0.15) is 72.1 Å². The van der Waals surface area contributed by atoms with Crippen LogP contribution in [0.4, 0.5) is 0 Å². The second-order valence-electron chi connectivity index (χ2n) is 5.58. The summed E-state index contributed by atoms with van der Waals surface area (Å²) in [6.45, 7) is 6.95. The lowest BCUT2D eigenvalue weighted by Crippen LogP contribution is -2.37. The van der Waals surface area contributed by atoms with Gasteiger partial charge in [-0.15, -0.1) is 0 Å². The van der Waals surface area contributed by atoms with Crippen LogP contribution in [-0.2, 0) is 0 Å². The minimum absolute atomic E-state index is 0.378. The fourth-order valence-electron chi connectivity index (χ4n) is 1.74. The molecule has 0 aliphatic heterocycles. The summed E-state index contributed by atoms with van der Waals surface area (Å²) in [5, 5.41) is 0. The number of nitrogens with zero attached hydrogens (tertiary/aromatic N) is 1. The number of hydrazine groups is 1. The molecule has 0 aromatic carbocycles. The van der Waals surface area contributed by atoms with E-state index in [1.165, 1.54) is 51.4 Å². The van der Waals surface area contributed by atoms with E-state index >= 15 is 0 Å². The zero-order valence-corrected chi connectivity index (χ0v) is 12.8. The summed E-state index contributed by atoms with van der Waals surface area (Å²) in [7, 11) is 4.36. The Labute approximate surface area is 109 Å². The molecular weight excluding hydrogens is 210 g/mol. The van der Waals surface area contributed by atoms with Crippen molar-refractivity contribution in [2.75, 3.05) is 14.1 Å². The van der Waals surface area contributed by atoms with Gasteiger partial charge in [-0.1, -0.05) is 51.9 Å². The standard InChI is InChI=1S/C14H31N.H4N2/c1-6-7-8-9-10-11-12-13-14(2,3)15(4)5;1-2/h6-13H2,1-5H3;1-2H2. The van der Waals surface area contributed by atoms with Gasteiger partial charge in [0.25, 0.3) is 0 Å². The third-order valence-corrected chi connectivity index (χ3v) is 3.60. The lowest BCUT2D eigenvalue weighted by Gasteiger charge is -2.32. The molecule has 0 rings (SSSR count). The number of hydrogen-bond donors (Lipinski definition) is 2. The molecule has 0 aromatic heterocycles. The van der Waals surface area contributed by atoms with Crippen LogP contribution in [0, 0.1) is 0 Å². The van der Waals surface area contributed by atoms with Crippen LogP contribution in [0.5, 0.6) is 0 Å². The maximum absolute atomic E-state index is 4.00. The third kappa shape index (κ3) is 12.1. The molecule has 0 bridgehead atoms. The van der Waals surface area contributed by atoms with Crippen molar-refractivity contribution in [1.82, 2.24) is 4.90 Å². The molecule has 0 heterocycles. The van der Waals surface area contributed by atoms with Crippen LogP contribution < -0.4 is 11.7 Å². The molecule has 106 valence electrons. The lowest BCUT2D eigenvalue weighted by atomic mass is 9.95. The Hall–Kier alpha value is -0.120. The molecule has 0 saturated heterocycles. The maximum Gasteiger partial charge on any atom is 0.0147 e. The van der Waals surface area contributed by atoms with E-state index in [0.29, 0.717) is 5.54 Å². The smallest absolute Gasteiger partial charge is 0.0147 e. The summed E-state index contributed by atoms with van der Waals surface area (Å²) in [5.74, 6) is 8.00. The predicted molar refractivity (Wildman–Crippen MR) is 78.8 cm³/mol. The molecule has 4 N–H and O–H groups in total. The Morgan fingerprint density at radius 2 is 1.24 bits per heavy atom. The summed E-state index contributed by atoms with van der Waals surface area (Å²) in [4.78, 5) is 2.34. The summed E-state index contributed by atoms with van der Waals surface area (Å²) < 4.78 is 0. The van der Waals surface area contributed by atoms with E-state index in [4.69, 9.17) is 0 Å². The summed E-state index contributed by atoms with van der Waals surface area (Å²) in [5.41, 5.74) is 0.378. The second kappa shape index (κ2) is 12.3. The third-order valence-electron chi connectivity index (χ3n) is 3.60. The van der Waals surface area contributed by atoms with Crippen LogP contribution in [0.25, 0.3) is 0 Å². The van der Waals surface area contributed by atoms with Crippen molar-refractivity contribution in [3.8, 4) is 0 Å². The number of rotatable bonds is 9. The Morgan fingerprint density at radius 1 is 0.824 bits per heavy atom. The first-order chi connectivity index (χ1) is 8.00. The molecule has 0 aliphatic rings. The lowest BCUT2D eigenvalue weighted by molar-refractivity contribution is 0.177. The fourth-order valence-corrected chi connectivity index (χ4v) is 1.74. The molecule has 0 saturated carbocycles. The van der Waals surface area contributed by atoms with Gasteiger partial charge in [-0.2, -0.15) is 0 Å². The zero-order chi connectivity index (χ0) is 13.7. The summed E-state index contributed by atoms with van der Waals surface area (Å²) >= 11 is 0. The number of nitrogens with two attached hydrogens (primary N) is 2. The van der Waals surface area contributed by atoms with Crippen molar-refractivity contribution in [3.63, 3.8) is 0 Å². The quantitative estimate of drug-likeness (QED) is 0.372. The minimum Gasteiger partial charge on any atom is -0.304 e. The normalized spacial score (nSPS) is 11.3. The van der Waals surface area contributed by atoms with Crippen molar-refractivity contribution in [2.24, 2.45) is 11.7 Å². The van der Waals surface area contributed by atoms with Crippen molar-refractivity contribution in [2.45, 2.75) is 77.7 Å². The summed E-state index contributed by atoms with van der Waals surface area (Å²) in [6.07, 6.45) is 11.2. The molecule has 0 amide bonds. The van der Waals surface area contributed by atoms with Crippen molar-refractivity contribution in [1.29, 1.82) is 0 Å². The molecule has 0 atom stereocenters. The highest BCUT2D eigenvalue weighted by molar-refractivity contribution is 4.76. The Morgan fingerprint density at radius 3 is 1.65 bits per heavy atom. The SMILES string of the molecule is CCCCCCCCCC(C)(C)N(C)C.NN. The Bertz CT molecular complexity index is 144. The van der Waals surface area contributed by atoms with Crippen molar-refractivity contribution in [3.05, 3.63) is 0 Å². The average molecular weight is 245 g/mol. The second-order valence-corrected chi connectivity index (χ2v) is 5.58.